The van der Waals surface area contributed by atoms with Gasteiger partial charge in [-0.2, -0.15) is 4.31 Å². The molecule has 1 heterocycles. The number of urea groups is 1. The average Bonchev–Trinajstić information content (AvgIpc) is 2.77. The highest BCUT2D eigenvalue weighted by Gasteiger charge is 2.28. The molecular weight excluding hydrogens is 405 g/mol. The molecule has 0 radical (unpaired) electrons. The Morgan fingerprint density at radius 2 is 1.73 bits per heavy atom. The van der Waals surface area contributed by atoms with Gasteiger partial charge in [-0.3, -0.25) is 0 Å². The van der Waals surface area contributed by atoms with Crippen molar-refractivity contribution in [1.82, 2.24) is 14.5 Å². The third-order valence-electron chi connectivity index (χ3n) is 5.59. The monoisotopic (exact) mass is 433 g/mol. The zero-order valence-electron chi connectivity index (χ0n) is 17.3. The second-order valence-corrected chi connectivity index (χ2v) is 9.48. The number of hydrogen-bond acceptors (Lipinski definition) is 3. The van der Waals surface area contributed by atoms with Crippen molar-refractivity contribution in [2.45, 2.75) is 43.7 Å². The first-order valence-electron chi connectivity index (χ1n) is 10.1. The highest BCUT2D eigenvalue weighted by molar-refractivity contribution is 7.89. The molecule has 2 aromatic carbocycles. The highest BCUT2D eigenvalue weighted by atomic mass is 32.2. The van der Waals surface area contributed by atoms with Crippen LogP contribution in [0.1, 0.15) is 43.4 Å². The van der Waals surface area contributed by atoms with Gasteiger partial charge in [0, 0.05) is 26.7 Å². The fourth-order valence-corrected chi connectivity index (χ4v) is 5.32. The standard InChI is InChI=1S/C22H28FN3O3S/c1-17(18-10-12-20(23)13-11-18)25(2)22(27)24-16-19-8-4-5-9-21(19)30(28,29)26-14-6-3-7-15-26/h4-5,8-13,17H,3,6-7,14-16H2,1-2H3,(H,24,27)/t17-/m0/s1. The minimum absolute atomic E-state index is 0.0998. The molecule has 0 saturated carbocycles. The van der Waals surface area contributed by atoms with E-state index in [1.54, 1.807) is 43.4 Å². The third kappa shape index (κ3) is 4.99. The van der Waals surface area contributed by atoms with Crippen molar-refractivity contribution in [3.63, 3.8) is 0 Å². The zero-order valence-corrected chi connectivity index (χ0v) is 18.2. The van der Waals surface area contributed by atoms with Gasteiger partial charge in [-0.25, -0.2) is 17.6 Å². The molecule has 3 rings (SSSR count). The summed E-state index contributed by atoms with van der Waals surface area (Å²) in [5.41, 5.74) is 1.36. The average molecular weight is 434 g/mol. The number of carbonyl (C=O) groups excluding carboxylic acids is 1. The molecule has 8 heteroatoms. The Labute approximate surface area is 177 Å². The summed E-state index contributed by atoms with van der Waals surface area (Å²) < 4.78 is 40.8. The predicted molar refractivity (Wildman–Crippen MR) is 114 cm³/mol. The SMILES string of the molecule is C[C@@H](c1ccc(F)cc1)N(C)C(=O)NCc1ccccc1S(=O)(=O)N1CCCCC1. The Hall–Kier alpha value is -2.45. The van der Waals surface area contributed by atoms with E-state index in [-0.39, 0.29) is 29.3 Å². The number of nitrogens with one attached hydrogen (secondary N) is 1. The van der Waals surface area contributed by atoms with E-state index in [0.29, 0.717) is 18.7 Å². The van der Waals surface area contributed by atoms with Gasteiger partial charge in [0.15, 0.2) is 0 Å². The maximum Gasteiger partial charge on any atom is 0.317 e. The Bertz CT molecular complexity index is 973. The first kappa shape index (κ1) is 22.2. The Kier molecular flexibility index (Phi) is 7.10. The van der Waals surface area contributed by atoms with Gasteiger partial charge < -0.3 is 10.2 Å². The topological polar surface area (TPSA) is 69.7 Å². The number of halogens is 1. The molecule has 1 aliphatic rings. The van der Waals surface area contributed by atoms with Gasteiger partial charge in [0.25, 0.3) is 0 Å². The first-order valence-corrected chi connectivity index (χ1v) is 11.6. The summed E-state index contributed by atoms with van der Waals surface area (Å²) in [4.78, 5) is 14.4. The molecular formula is C22H28FN3O3S. The number of amides is 2. The van der Waals surface area contributed by atoms with Crippen LogP contribution in [0.4, 0.5) is 9.18 Å². The fourth-order valence-electron chi connectivity index (χ4n) is 3.58. The van der Waals surface area contributed by atoms with Crippen molar-refractivity contribution in [2.24, 2.45) is 0 Å². The summed E-state index contributed by atoms with van der Waals surface area (Å²) in [7, 11) is -1.94. The lowest BCUT2D eigenvalue weighted by Crippen LogP contribution is -2.39. The van der Waals surface area contributed by atoms with Crippen molar-refractivity contribution in [2.75, 3.05) is 20.1 Å². The van der Waals surface area contributed by atoms with Gasteiger partial charge in [-0.15, -0.1) is 0 Å². The summed E-state index contributed by atoms with van der Waals surface area (Å²) in [6.45, 7) is 3.01. The van der Waals surface area contributed by atoms with Crippen molar-refractivity contribution >= 4 is 16.1 Å². The summed E-state index contributed by atoms with van der Waals surface area (Å²) in [6, 6.07) is 12.2. The summed E-state index contributed by atoms with van der Waals surface area (Å²) in [5.74, 6) is -0.329. The van der Waals surface area contributed by atoms with Crippen LogP contribution in [0.25, 0.3) is 0 Å². The van der Waals surface area contributed by atoms with E-state index >= 15 is 0 Å². The smallest absolute Gasteiger partial charge is 0.317 e. The van der Waals surface area contributed by atoms with E-state index in [2.05, 4.69) is 5.32 Å². The molecule has 1 fully saturated rings. The van der Waals surface area contributed by atoms with E-state index in [0.717, 1.165) is 24.8 Å². The van der Waals surface area contributed by atoms with E-state index in [9.17, 15) is 17.6 Å². The van der Waals surface area contributed by atoms with Crippen molar-refractivity contribution in [1.29, 1.82) is 0 Å². The molecule has 0 unspecified atom stereocenters. The molecule has 0 aromatic heterocycles. The minimum atomic E-state index is -3.59. The molecule has 2 aromatic rings. The molecule has 30 heavy (non-hydrogen) atoms. The maximum atomic E-state index is 13.1. The lowest BCUT2D eigenvalue weighted by molar-refractivity contribution is 0.194. The molecule has 2 amide bonds. The largest absolute Gasteiger partial charge is 0.334 e. The van der Waals surface area contributed by atoms with Crippen LogP contribution < -0.4 is 5.32 Å². The van der Waals surface area contributed by atoms with Crippen LogP contribution in [0.15, 0.2) is 53.4 Å². The molecule has 1 aliphatic heterocycles. The van der Waals surface area contributed by atoms with Crippen molar-refractivity contribution in [3.8, 4) is 0 Å². The second kappa shape index (κ2) is 9.57. The van der Waals surface area contributed by atoms with Crippen LogP contribution in [-0.2, 0) is 16.6 Å². The van der Waals surface area contributed by atoms with Gasteiger partial charge in [0.2, 0.25) is 10.0 Å². The lowest BCUT2D eigenvalue weighted by Gasteiger charge is -2.27. The predicted octanol–water partition coefficient (Wildman–Crippen LogP) is 3.90. The summed E-state index contributed by atoms with van der Waals surface area (Å²) >= 11 is 0. The van der Waals surface area contributed by atoms with Gasteiger partial charge in [0.05, 0.1) is 10.9 Å². The number of benzene rings is 2. The molecule has 0 spiro atoms. The van der Waals surface area contributed by atoms with Crippen molar-refractivity contribution < 1.29 is 17.6 Å². The van der Waals surface area contributed by atoms with Crippen LogP contribution in [0.3, 0.4) is 0 Å². The van der Waals surface area contributed by atoms with Gasteiger partial charge in [-0.1, -0.05) is 36.8 Å². The van der Waals surface area contributed by atoms with Crippen LogP contribution in [0.5, 0.6) is 0 Å². The molecule has 1 N–H and O–H groups in total. The second-order valence-electron chi connectivity index (χ2n) is 7.57. The van der Waals surface area contributed by atoms with Crippen LogP contribution >= 0.6 is 0 Å². The quantitative estimate of drug-likeness (QED) is 0.751. The number of nitrogens with zero attached hydrogens (tertiary/aromatic N) is 2. The van der Waals surface area contributed by atoms with Gasteiger partial charge in [0.1, 0.15) is 5.82 Å². The zero-order chi connectivity index (χ0) is 21.7. The highest BCUT2D eigenvalue weighted by Crippen LogP contribution is 2.24. The molecule has 1 saturated heterocycles. The van der Waals surface area contributed by atoms with Crippen LogP contribution in [-0.4, -0.2) is 43.8 Å². The first-order chi connectivity index (χ1) is 14.3. The van der Waals surface area contributed by atoms with Crippen LogP contribution in [0, 0.1) is 5.82 Å². The summed E-state index contributed by atoms with van der Waals surface area (Å²) in [6.07, 6.45) is 2.77. The normalized spacial score (nSPS) is 16.1. The van der Waals surface area contributed by atoms with E-state index in [1.807, 2.05) is 6.92 Å². The third-order valence-corrected chi connectivity index (χ3v) is 7.59. The molecule has 162 valence electrons. The molecule has 0 aliphatic carbocycles. The number of piperidine rings is 1. The van der Waals surface area contributed by atoms with Crippen molar-refractivity contribution in [3.05, 3.63) is 65.5 Å². The fraction of sp³-hybridized carbons (Fsp3) is 0.409. The van der Waals surface area contributed by atoms with E-state index in [1.165, 1.54) is 21.3 Å². The molecule has 6 nitrogen and oxygen atoms in total. The number of rotatable bonds is 6. The minimum Gasteiger partial charge on any atom is -0.334 e. The Morgan fingerprint density at radius 3 is 2.40 bits per heavy atom. The van der Waals surface area contributed by atoms with E-state index < -0.39 is 10.0 Å². The molecule has 0 bridgehead atoms. The summed E-state index contributed by atoms with van der Waals surface area (Å²) in [5, 5.41) is 2.81. The van der Waals surface area contributed by atoms with Gasteiger partial charge in [-0.05, 0) is 49.1 Å². The van der Waals surface area contributed by atoms with Crippen LogP contribution in [0.2, 0.25) is 0 Å². The number of hydrogen-bond donors (Lipinski definition) is 1. The van der Waals surface area contributed by atoms with Gasteiger partial charge >= 0.3 is 6.03 Å². The lowest BCUT2D eigenvalue weighted by atomic mass is 10.1. The maximum absolute atomic E-state index is 13.1. The number of carbonyl (C=O) groups is 1. The molecule has 1 atom stereocenters. The Morgan fingerprint density at radius 1 is 1.10 bits per heavy atom. The van der Waals surface area contributed by atoms with E-state index in [4.69, 9.17) is 0 Å². The Balaban J connectivity index is 1.70. The number of sulfonamides is 1.